The molecule has 0 fully saturated rings. The third-order valence-electron chi connectivity index (χ3n) is 6.39. The molecule has 7 heteroatoms. The van der Waals surface area contributed by atoms with Crippen molar-refractivity contribution in [1.29, 1.82) is 0 Å². The number of carbonyl (C=O) groups excluding carboxylic acids is 2. The smallest absolute Gasteiger partial charge is 0.256 e. The van der Waals surface area contributed by atoms with Gasteiger partial charge < -0.3 is 20.5 Å². The predicted molar refractivity (Wildman–Crippen MR) is 113 cm³/mol. The van der Waals surface area contributed by atoms with Gasteiger partial charge in [-0.1, -0.05) is 27.2 Å². The molecule has 0 unspecified atom stereocenters. The summed E-state index contributed by atoms with van der Waals surface area (Å²) in [4.78, 5) is 26.2. The second kappa shape index (κ2) is 7.37. The molecule has 0 saturated heterocycles. The van der Waals surface area contributed by atoms with Crippen molar-refractivity contribution in [3.63, 3.8) is 0 Å². The third-order valence-corrected chi connectivity index (χ3v) is 7.56. The molecule has 1 aromatic carbocycles. The number of rotatable bonds is 5. The molecular formula is C22H26N2O4S. The zero-order chi connectivity index (χ0) is 20.8. The molecule has 2 heterocycles. The van der Waals surface area contributed by atoms with Gasteiger partial charge in [-0.05, 0) is 54.4 Å². The number of nitrogens with one attached hydrogen (secondary N) is 1. The Labute approximate surface area is 174 Å². The Morgan fingerprint density at radius 3 is 2.76 bits per heavy atom. The molecule has 0 radical (unpaired) electrons. The number of anilines is 1. The van der Waals surface area contributed by atoms with E-state index in [1.807, 2.05) is 0 Å². The molecule has 2 amide bonds. The minimum Gasteiger partial charge on any atom is -0.454 e. The lowest BCUT2D eigenvalue weighted by atomic mass is 9.69. The van der Waals surface area contributed by atoms with Gasteiger partial charge >= 0.3 is 0 Å². The first kappa shape index (κ1) is 19.8. The summed E-state index contributed by atoms with van der Waals surface area (Å²) in [6.07, 6.45) is 3.87. The molecule has 2 aromatic rings. The van der Waals surface area contributed by atoms with Crippen LogP contribution in [0.5, 0.6) is 11.5 Å². The van der Waals surface area contributed by atoms with Crippen molar-refractivity contribution in [2.45, 2.75) is 46.5 Å². The number of hydrogen-bond acceptors (Lipinski definition) is 5. The SMILES string of the molecule is CCC(C)(C)[C@H]1CCc2c(sc(NC(=O)c3ccc4c(c3)OCO4)c2C(N)=O)C1. The fourth-order valence-corrected chi connectivity index (χ4v) is 5.43. The molecule has 3 N–H and O–H groups in total. The van der Waals surface area contributed by atoms with Gasteiger partial charge in [0.05, 0.1) is 5.56 Å². The lowest BCUT2D eigenvalue weighted by molar-refractivity contribution is 0.0999. The second-order valence-corrected chi connectivity index (χ2v) is 9.48. The molecule has 154 valence electrons. The Bertz CT molecular complexity index is 979. The first-order valence-electron chi connectivity index (χ1n) is 9.95. The molecule has 0 spiro atoms. The van der Waals surface area contributed by atoms with Crippen LogP contribution >= 0.6 is 11.3 Å². The number of hydrogen-bond donors (Lipinski definition) is 2. The van der Waals surface area contributed by atoms with Crippen molar-refractivity contribution in [2.24, 2.45) is 17.1 Å². The van der Waals surface area contributed by atoms with Crippen LogP contribution in [0.4, 0.5) is 5.00 Å². The van der Waals surface area contributed by atoms with E-state index >= 15 is 0 Å². The number of ether oxygens (including phenoxy) is 2. The first-order valence-corrected chi connectivity index (χ1v) is 10.8. The van der Waals surface area contributed by atoms with Crippen LogP contribution in [0.25, 0.3) is 0 Å². The van der Waals surface area contributed by atoms with E-state index in [1.54, 1.807) is 18.2 Å². The fraction of sp³-hybridized carbons (Fsp3) is 0.455. The second-order valence-electron chi connectivity index (χ2n) is 8.38. The molecule has 0 bridgehead atoms. The maximum atomic E-state index is 12.8. The van der Waals surface area contributed by atoms with E-state index in [0.717, 1.165) is 36.1 Å². The summed E-state index contributed by atoms with van der Waals surface area (Å²) >= 11 is 1.48. The molecule has 1 aliphatic carbocycles. The number of benzene rings is 1. The maximum Gasteiger partial charge on any atom is 0.256 e. The lowest BCUT2D eigenvalue weighted by Gasteiger charge is -2.36. The largest absolute Gasteiger partial charge is 0.454 e. The molecule has 4 rings (SSSR count). The minimum atomic E-state index is -0.489. The number of thiophene rings is 1. The van der Waals surface area contributed by atoms with E-state index in [2.05, 4.69) is 26.1 Å². The van der Waals surface area contributed by atoms with Crippen molar-refractivity contribution in [3.05, 3.63) is 39.8 Å². The molecule has 1 atom stereocenters. The van der Waals surface area contributed by atoms with Gasteiger partial charge in [0, 0.05) is 10.4 Å². The molecular weight excluding hydrogens is 388 g/mol. The molecule has 2 aliphatic rings. The van der Waals surface area contributed by atoms with Crippen LogP contribution in [0.2, 0.25) is 0 Å². The average molecular weight is 415 g/mol. The number of amides is 2. The van der Waals surface area contributed by atoms with Gasteiger partial charge in [-0.3, -0.25) is 9.59 Å². The monoisotopic (exact) mass is 414 g/mol. The van der Waals surface area contributed by atoms with Gasteiger partial charge in [-0.15, -0.1) is 11.3 Å². The normalized spacial score (nSPS) is 17.7. The zero-order valence-electron chi connectivity index (χ0n) is 17.0. The highest BCUT2D eigenvalue weighted by atomic mass is 32.1. The summed E-state index contributed by atoms with van der Waals surface area (Å²) in [7, 11) is 0. The minimum absolute atomic E-state index is 0.152. The molecule has 29 heavy (non-hydrogen) atoms. The first-order chi connectivity index (χ1) is 13.8. The van der Waals surface area contributed by atoms with E-state index in [1.165, 1.54) is 11.3 Å². The summed E-state index contributed by atoms with van der Waals surface area (Å²) in [5.74, 6) is 0.932. The highest BCUT2D eigenvalue weighted by Gasteiger charge is 2.35. The topological polar surface area (TPSA) is 90.7 Å². The van der Waals surface area contributed by atoms with E-state index in [-0.39, 0.29) is 18.1 Å². The standard InChI is InChI=1S/C22H26N2O4S/c1-4-22(2,3)13-6-7-14-17(10-13)29-21(18(14)19(23)25)24-20(26)12-5-8-15-16(9-12)28-11-27-15/h5,8-9,13H,4,6-7,10-11H2,1-3H3,(H2,23,25)(H,24,26)/t13-/m0/s1. The summed E-state index contributed by atoms with van der Waals surface area (Å²) in [5.41, 5.74) is 7.85. The predicted octanol–water partition coefficient (Wildman–Crippen LogP) is 4.37. The van der Waals surface area contributed by atoms with E-state index in [9.17, 15) is 9.59 Å². The Morgan fingerprint density at radius 2 is 2.03 bits per heavy atom. The molecule has 0 saturated carbocycles. The summed E-state index contributed by atoms with van der Waals surface area (Å²) in [6.45, 7) is 6.97. The van der Waals surface area contributed by atoms with Crippen LogP contribution < -0.4 is 20.5 Å². The van der Waals surface area contributed by atoms with Crippen LogP contribution in [-0.4, -0.2) is 18.6 Å². The number of fused-ring (bicyclic) bond motifs is 2. The van der Waals surface area contributed by atoms with E-state index < -0.39 is 5.91 Å². The van der Waals surface area contributed by atoms with Crippen molar-refractivity contribution < 1.29 is 19.1 Å². The molecule has 1 aliphatic heterocycles. The van der Waals surface area contributed by atoms with E-state index in [4.69, 9.17) is 15.2 Å². The quantitative estimate of drug-likeness (QED) is 0.760. The number of primary amides is 1. The Hall–Kier alpha value is -2.54. The van der Waals surface area contributed by atoms with Crippen LogP contribution in [0.15, 0.2) is 18.2 Å². The van der Waals surface area contributed by atoms with Gasteiger partial charge in [0.25, 0.3) is 11.8 Å². The van der Waals surface area contributed by atoms with Gasteiger partial charge in [0.2, 0.25) is 6.79 Å². The average Bonchev–Trinajstić information content (AvgIpc) is 3.30. The van der Waals surface area contributed by atoms with Crippen LogP contribution in [-0.2, 0) is 12.8 Å². The number of nitrogens with two attached hydrogens (primary N) is 1. The zero-order valence-corrected chi connectivity index (χ0v) is 17.8. The summed E-state index contributed by atoms with van der Waals surface area (Å²) in [5, 5.41) is 3.45. The van der Waals surface area contributed by atoms with Crippen molar-refractivity contribution in [1.82, 2.24) is 0 Å². The van der Waals surface area contributed by atoms with Crippen molar-refractivity contribution in [3.8, 4) is 11.5 Å². The number of carbonyl (C=O) groups is 2. The lowest BCUT2D eigenvalue weighted by Crippen LogP contribution is -2.29. The van der Waals surface area contributed by atoms with E-state index in [0.29, 0.717) is 33.5 Å². The fourth-order valence-electron chi connectivity index (χ4n) is 4.10. The summed E-state index contributed by atoms with van der Waals surface area (Å²) < 4.78 is 10.6. The van der Waals surface area contributed by atoms with Gasteiger partial charge in [-0.2, -0.15) is 0 Å². The third kappa shape index (κ3) is 3.59. The maximum absolute atomic E-state index is 12.8. The highest BCUT2D eigenvalue weighted by molar-refractivity contribution is 7.17. The van der Waals surface area contributed by atoms with Gasteiger partial charge in [0.15, 0.2) is 11.5 Å². The molecule has 6 nitrogen and oxygen atoms in total. The molecule has 1 aromatic heterocycles. The van der Waals surface area contributed by atoms with Gasteiger partial charge in [-0.25, -0.2) is 0 Å². The van der Waals surface area contributed by atoms with Crippen LogP contribution in [0, 0.1) is 11.3 Å². The van der Waals surface area contributed by atoms with Crippen molar-refractivity contribution in [2.75, 3.05) is 12.1 Å². The Kier molecular flexibility index (Phi) is 5.02. The van der Waals surface area contributed by atoms with Gasteiger partial charge in [0.1, 0.15) is 5.00 Å². The van der Waals surface area contributed by atoms with Crippen molar-refractivity contribution >= 4 is 28.2 Å². The Balaban J connectivity index is 1.61. The highest BCUT2D eigenvalue weighted by Crippen LogP contribution is 2.45. The van der Waals surface area contributed by atoms with Crippen LogP contribution in [0.3, 0.4) is 0 Å². The Morgan fingerprint density at radius 1 is 1.28 bits per heavy atom. The summed E-state index contributed by atoms with van der Waals surface area (Å²) in [6, 6.07) is 5.04. The van der Waals surface area contributed by atoms with Crippen LogP contribution in [0.1, 0.15) is 64.8 Å².